The quantitative estimate of drug-likeness (QED) is 0.727. The fourth-order valence-electron chi connectivity index (χ4n) is 2.91. The fourth-order valence-corrected chi connectivity index (χ4v) is 3.18. The van der Waals surface area contributed by atoms with Crippen molar-refractivity contribution in [2.75, 3.05) is 11.9 Å². The minimum Gasteiger partial charge on any atom is -0.493 e. The molecular weight excluding hydrogens is 355 g/mol. The highest BCUT2D eigenvalue weighted by Gasteiger charge is 2.16. The number of carbonyl (C=O) groups is 1. The Labute approximate surface area is 154 Å². The lowest BCUT2D eigenvalue weighted by molar-refractivity contribution is 0.102. The first-order valence-electron chi connectivity index (χ1n) is 8.08. The van der Waals surface area contributed by atoms with E-state index in [1.165, 1.54) is 12.3 Å². The first-order valence-corrected chi connectivity index (χ1v) is 8.46. The number of benzene rings is 2. The Morgan fingerprint density at radius 1 is 1.19 bits per heavy atom. The lowest BCUT2D eigenvalue weighted by Crippen LogP contribution is -2.13. The van der Waals surface area contributed by atoms with Gasteiger partial charge in [-0.25, -0.2) is 4.39 Å². The van der Waals surface area contributed by atoms with E-state index in [0.29, 0.717) is 17.3 Å². The van der Waals surface area contributed by atoms with E-state index in [1.54, 1.807) is 12.1 Å². The number of ether oxygens (including phenoxy) is 1. The summed E-state index contributed by atoms with van der Waals surface area (Å²) in [5.41, 5.74) is 3.49. The maximum atomic E-state index is 13.6. The summed E-state index contributed by atoms with van der Waals surface area (Å²) in [6.07, 6.45) is 3.25. The molecule has 2 aromatic carbocycles. The Hall–Kier alpha value is -2.92. The van der Waals surface area contributed by atoms with Crippen molar-refractivity contribution in [1.29, 1.82) is 0 Å². The van der Waals surface area contributed by atoms with Crippen LogP contribution in [0.4, 0.5) is 10.1 Å². The van der Waals surface area contributed by atoms with Gasteiger partial charge in [-0.15, -0.1) is 0 Å². The molecular formula is C20H14ClFN2O2. The predicted molar refractivity (Wildman–Crippen MR) is 98.2 cm³/mol. The summed E-state index contributed by atoms with van der Waals surface area (Å²) in [6.45, 7) is 0.672. The van der Waals surface area contributed by atoms with Gasteiger partial charge in [0.15, 0.2) is 5.82 Å². The van der Waals surface area contributed by atoms with E-state index >= 15 is 0 Å². The largest absolute Gasteiger partial charge is 0.493 e. The van der Waals surface area contributed by atoms with Gasteiger partial charge >= 0.3 is 0 Å². The maximum Gasteiger partial charge on any atom is 0.258 e. The number of amides is 1. The molecule has 4 rings (SSSR count). The van der Waals surface area contributed by atoms with E-state index in [0.717, 1.165) is 35.1 Å². The molecule has 0 saturated heterocycles. The predicted octanol–water partition coefficient (Wildman–Crippen LogP) is 4.73. The van der Waals surface area contributed by atoms with Crippen LogP contribution < -0.4 is 10.1 Å². The molecule has 0 bridgehead atoms. The molecule has 0 atom stereocenters. The van der Waals surface area contributed by atoms with Crippen molar-refractivity contribution in [3.05, 3.63) is 76.8 Å². The van der Waals surface area contributed by atoms with Gasteiger partial charge in [0.1, 0.15) is 5.75 Å². The van der Waals surface area contributed by atoms with Gasteiger partial charge in [-0.3, -0.25) is 9.78 Å². The number of carbonyl (C=O) groups excluding carboxylic acids is 1. The zero-order valence-corrected chi connectivity index (χ0v) is 14.4. The van der Waals surface area contributed by atoms with Crippen LogP contribution in [-0.4, -0.2) is 17.5 Å². The van der Waals surface area contributed by atoms with E-state index in [9.17, 15) is 9.18 Å². The Kier molecular flexibility index (Phi) is 4.31. The molecule has 2 heterocycles. The third kappa shape index (κ3) is 3.13. The van der Waals surface area contributed by atoms with Crippen LogP contribution in [0.25, 0.3) is 11.1 Å². The average molecular weight is 369 g/mol. The zero-order valence-electron chi connectivity index (χ0n) is 13.6. The van der Waals surface area contributed by atoms with Crippen molar-refractivity contribution in [3.63, 3.8) is 0 Å². The standard InChI is InChI=1S/C20H14ClFN2O2/c21-17-10-19-13(6-8-26-19)9-16(17)12-1-3-14(4-2-12)24-20(25)15-5-7-23-11-18(15)22/h1-5,7,9-11H,6,8H2,(H,24,25). The summed E-state index contributed by atoms with van der Waals surface area (Å²) < 4.78 is 19.2. The summed E-state index contributed by atoms with van der Waals surface area (Å²) in [5, 5.41) is 3.29. The Bertz CT molecular complexity index is 990. The van der Waals surface area contributed by atoms with Crippen LogP contribution in [0.5, 0.6) is 5.75 Å². The molecule has 6 heteroatoms. The highest BCUT2D eigenvalue weighted by atomic mass is 35.5. The second kappa shape index (κ2) is 6.77. The van der Waals surface area contributed by atoms with Gasteiger partial charge in [-0.1, -0.05) is 23.7 Å². The summed E-state index contributed by atoms with van der Waals surface area (Å²) >= 11 is 6.37. The smallest absolute Gasteiger partial charge is 0.258 e. The van der Waals surface area contributed by atoms with Crippen LogP contribution >= 0.6 is 11.6 Å². The molecule has 1 N–H and O–H groups in total. The minimum absolute atomic E-state index is 0.0502. The van der Waals surface area contributed by atoms with E-state index in [-0.39, 0.29) is 5.56 Å². The van der Waals surface area contributed by atoms with Crippen molar-refractivity contribution < 1.29 is 13.9 Å². The Morgan fingerprint density at radius 2 is 2.00 bits per heavy atom. The van der Waals surface area contributed by atoms with Gasteiger partial charge in [0.05, 0.1) is 23.4 Å². The molecule has 0 spiro atoms. The van der Waals surface area contributed by atoms with Crippen molar-refractivity contribution in [2.45, 2.75) is 6.42 Å². The van der Waals surface area contributed by atoms with Crippen LogP contribution in [0.3, 0.4) is 0 Å². The number of nitrogens with one attached hydrogen (secondary N) is 1. The molecule has 1 aliphatic rings. The van der Waals surface area contributed by atoms with Gasteiger partial charge in [-0.05, 0) is 41.5 Å². The molecule has 0 radical (unpaired) electrons. The van der Waals surface area contributed by atoms with Gasteiger partial charge in [0.25, 0.3) is 5.91 Å². The maximum absolute atomic E-state index is 13.6. The van der Waals surface area contributed by atoms with E-state index in [2.05, 4.69) is 10.3 Å². The normalized spacial score (nSPS) is 12.4. The van der Waals surface area contributed by atoms with Crippen molar-refractivity contribution in [3.8, 4) is 16.9 Å². The van der Waals surface area contributed by atoms with Crippen LogP contribution in [0.15, 0.2) is 54.9 Å². The topological polar surface area (TPSA) is 51.2 Å². The minimum atomic E-state index is -0.659. The molecule has 1 amide bonds. The van der Waals surface area contributed by atoms with E-state index in [1.807, 2.05) is 24.3 Å². The van der Waals surface area contributed by atoms with Crippen molar-refractivity contribution in [1.82, 2.24) is 4.98 Å². The van der Waals surface area contributed by atoms with Gasteiger partial charge in [-0.2, -0.15) is 0 Å². The lowest BCUT2D eigenvalue weighted by Gasteiger charge is -2.10. The average Bonchev–Trinajstić information content (AvgIpc) is 3.09. The SMILES string of the molecule is O=C(Nc1ccc(-c2cc3c(cc2Cl)OCC3)cc1)c1ccncc1F. The molecule has 26 heavy (non-hydrogen) atoms. The molecule has 0 fully saturated rings. The molecule has 0 aliphatic carbocycles. The number of hydrogen-bond acceptors (Lipinski definition) is 3. The van der Waals surface area contributed by atoms with Gasteiger partial charge in [0, 0.05) is 23.9 Å². The Morgan fingerprint density at radius 3 is 2.77 bits per heavy atom. The number of fused-ring (bicyclic) bond motifs is 1. The first-order chi connectivity index (χ1) is 12.6. The summed E-state index contributed by atoms with van der Waals surface area (Å²) in [5.74, 6) is -0.346. The number of nitrogens with zero attached hydrogens (tertiary/aromatic N) is 1. The van der Waals surface area contributed by atoms with Crippen molar-refractivity contribution >= 4 is 23.2 Å². The molecule has 1 aliphatic heterocycles. The fraction of sp³-hybridized carbons (Fsp3) is 0.100. The molecule has 130 valence electrons. The second-order valence-corrected chi connectivity index (χ2v) is 6.33. The van der Waals surface area contributed by atoms with Crippen LogP contribution in [0, 0.1) is 5.82 Å². The van der Waals surface area contributed by atoms with E-state index < -0.39 is 11.7 Å². The summed E-state index contributed by atoms with van der Waals surface area (Å²) in [7, 11) is 0. The molecule has 0 unspecified atom stereocenters. The number of rotatable bonds is 3. The molecule has 4 nitrogen and oxygen atoms in total. The first kappa shape index (κ1) is 16.5. The number of hydrogen-bond donors (Lipinski definition) is 1. The van der Waals surface area contributed by atoms with Crippen LogP contribution in [0.1, 0.15) is 15.9 Å². The highest BCUT2D eigenvalue weighted by Crippen LogP contribution is 2.37. The molecule has 3 aromatic rings. The van der Waals surface area contributed by atoms with Gasteiger partial charge in [0.2, 0.25) is 0 Å². The number of halogens is 2. The Balaban J connectivity index is 1.56. The zero-order chi connectivity index (χ0) is 18.1. The second-order valence-electron chi connectivity index (χ2n) is 5.93. The number of anilines is 1. The molecule has 0 saturated carbocycles. The molecule has 1 aromatic heterocycles. The number of pyridine rings is 1. The third-order valence-corrected chi connectivity index (χ3v) is 4.56. The number of aromatic nitrogens is 1. The van der Waals surface area contributed by atoms with Crippen LogP contribution in [0.2, 0.25) is 5.02 Å². The van der Waals surface area contributed by atoms with Gasteiger partial charge < -0.3 is 10.1 Å². The third-order valence-electron chi connectivity index (χ3n) is 4.25. The summed E-state index contributed by atoms with van der Waals surface area (Å²) in [4.78, 5) is 15.8. The van der Waals surface area contributed by atoms with E-state index in [4.69, 9.17) is 16.3 Å². The lowest BCUT2D eigenvalue weighted by atomic mass is 10.0. The van der Waals surface area contributed by atoms with Crippen LogP contribution in [-0.2, 0) is 6.42 Å². The van der Waals surface area contributed by atoms with Crippen molar-refractivity contribution in [2.24, 2.45) is 0 Å². The monoisotopic (exact) mass is 368 g/mol. The summed E-state index contributed by atoms with van der Waals surface area (Å²) in [6, 6.07) is 12.4. The highest BCUT2D eigenvalue weighted by molar-refractivity contribution is 6.33.